The molecule has 24 heavy (non-hydrogen) atoms. The first-order valence-corrected chi connectivity index (χ1v) is 6.52. The number of aryl methyl sites for hydroxylation is 1. The van der Waals surface area contributed by atoms with Crippen LogP contribution in [0, 0.1) is 12.7 Å². The molecule has 2 aromatic rings. The first-order chi connectivity index (χ1) is 10.9. The Balaban J connectivity index is 2.60. The fraction of sp³-hybridized carbons (Fsp3) is 0.308. The molecule has 1 heterocycles. The van der Waals surface area contributed by atoms with Crippen molar-refractivity contribution in [1.29, 1.82) is 0 Å². The lowest BCUT2D eigenvalue weighted by molar-refractivity contribution is -0.137. The lowest BCUT2D eigenvalue weighted by Crippen LogP contribution is -2.24. The highest BCUT2D eigenvalue weighted by Gasteiger charge is 2.45. The van der Waals surface area contributed by atoms with Gasteiger partial charge in [-0.25, -0.2) is 18.2 Å². The number of alkyl halides is 7. The van der Waals surface area contributed by atoms with Crippen LogP contribution in [0.15, 0.2) is 18.3 Å². The Bertz CT molecular complexity index is 743. The summed E-state index contributed by atoms with van der Waals surface area (Å²) in [6.07, 6.45) is -8.53. The maximum absolute atomic E-state index is 14.0. The molecule has 0 saturated carbocycles. The van der Waals surface area contributed by atoms with Crippen LogP contribution in [-0.4, -0.2) is 16.0 Å². The summed E-state index contributed by atoms with van der Waals surface area (Å²) in [5.41, 5.74) is -3.44. The van der Waals surface area contributed by atoms with Gasteiger partial charge in [-0.2, -0.15) is 22.0 Å². The molecule has 2 nitrogen and oxygen atoms in total. The normalized spacial score (nSPS) is 13.0. The predicted octanol–water partition coefficient (Wildman–Crippen LogP) is 5.35. The Labute approximate surface area is 134 Å². The molecule has 0 aliphatic rings. The van der Waals surface area contributed by atoms with Crippen LogP contribution in [0.5, 0.6) is 0 Å². The lowest BCUT2D eigenvalue weighted by atomic mass is 10.2. The molecule has 0 radical (unpaired) electrons. The minimum Gasteiger partial charge on any atom is -0.299 e. The number of rotatable bonds is 3. The van der Waals surface area contributed by atoms with Gasteiger partial charge >= 0.3 is 18.5 Å². The van der Waals surface area contributed by atoms with Gasteiger partial charge in [0.05, 0.1) is 10.6 Å². The van der Waals surface area contributed by atoms with Crippen molar-refractivity contribution in [1.82, 2.24) is 9.55 Å². The van der Waals surface area contributed by atoms with E-state index in [1.165, 1.54) is 0 Å². The summed E-state index contributed by atoms with van der Waals surface area (Å²) in [4.78, 5) is 3.22. The van der Waals surface area contributed by atoms with Gasteiger partial charge in [-0.15, -0.1) is 0 Å². The van der Waals surface area contributed by atoms with Crippen molar-refractivity contribution in [2.24, 2.45) is 0 Å². The molecule has 0 amide bonds. The second-order valence-electron chi connectivity index (χ2n) is 4.75. The van der Waals surface area contributed by atoms with Crippen LogP contribution in [0.2, 0.25) is 5.02 Å². The smallest absolute Gasteiger partial charge is 0.299 e. The molecule has 0 spiro atoms. The Kier molecular flexibility index (Phi) is 4.55. The van der Waals surface area contributed by atoms with Gasteiger partial charge in [0.2, 0.25) is 0 Å². The van der Waals surface area contributed by atoms with E-state index in [0.717, 1.165) is 6.92 Å². The van der Waals surface area contributed by atoms with Crippen LogP contribution in [0.1, 0.15) is 17.1 Å². The number of halogens is 9. The second-order valence-corrected chi connectivity index (χ2v) is 5.16. The van der Waals surface area contributed by atoms with Gasteiger partial charge in [-0.05, 0) is 19.1 Å². The molecule has 0 fully saturated rings. The summed E-state index contributed by atoms with van der Waals surface area (Å²) < 4.78 is 104. The molecule has 0 unspecified atom stereocenters. The van der Waals surface area contributed by atoms with E-state index in [2.05, 4.69) is 4.98 Å². The number of hydrogen-bond donors (Lipinski definition) is 0. The third-order valence-electron chi connectivity index (χ3n) is 3.08. The zero-order chi connectivity index (χ0) is 18.4. The van der Waals surface area contributed by atoms with Crippen molar-refractivity contribution in [3.05, 3.63) is 46.3 Å². The molecule has 1 aromatic carbocycles. The third kappa shape index (κ3) is 3.19. The number of hydrogen-bond acceptors (Lipinski definition) is 1. The quantitative estimate of drug-likeness (QED) is 0.658. The molecule has 0 saturated heterocycles. The van der Waals surface area contributed by atoms with E-state index < -0.39 is 46.3 Å². The maximum Gasteiger partial charge on any atom is 0.416 e. The fourth-order valence-electron chi connectivity index (χ4n) is 1.93. The molecule has 2 rings (SSSR count). The van der Waals surface area contributed by atoms with Crippen LogP contribution in [0.25, 0.3) is 5.69 Å². The van der Waals surface area contributed by atoms with Crippen LogP contribution in [-0.2, 0) is 12.1 Å². The molecule has 0 aliphatic carbocycles. The number of nitrogens with zero attached hydrogens (tertiary/aromatic N) is 2. The highest BCUT2D eigenvalue weighted by atomic mass is 35.5. The van der Waals surface area contributed by atoms with Crippen molar-refractivity contribution in [3.8, 4) is 5.69 Å². The van der Waals surface area contributed by atoms with Crippen molar-refractivity contribution in [2.45, 2.75) is 25.4 Å². The van der Waals surface area contributed by atoms with E-state index in [9.17, 15) is 35.1 Å². The zero-order valence-corrected chi connectivity index (χ0v) is 12.4. The van der Waals surface area contributed by atoms with Gasteiger partial charge < -0.3 is 0 Å². The molecule has 0 aliphatic heterocycles. The summed E-state index contributed by atoms with van der Waals surface area (Å²) in [5, 5.41) is -0.741. The minimum absolute atomic E-state index is 0.117. The molecule has 0 bridgehead atoms. The third-order valence-corrected chi connectivity index (χ3v) is 3.37. The number of imidazole rings is 1. The van der Waals surface area contributed by atoms with Crippen LogP contribution < -0.4 is 0 Å². The lowest BCUT2D eigenvalue weighted by Gasteiger charge is -2.13. The van der Waals surface area contributed by atoms with E-state index >= 15 is 0 Å². The van der Waals surface area contributed by atoms with Crippen molar-refractivity contribution in [2.75, 3.05) is 0 Å². The predicted molar refractivity (Wildman–Crippen MR) is 68.2 cm³/mol. The largest absolute Gasteiger partial charge is 0.416 e. The molecular weight excluding hydrogens is 372 g/mol. The average molecular weight is 379 g/mol. The standard InChI is InChI=1S/C13H7ClF8N2/c1-5-23-9(12(18,19)11(16)17)4-24(5)10-7(14)2-6(3-8(10)15)13(20,21)22/h2-4,11H,1H3. The summed E-state index contributed by atoms with van der Waals surface area (Å²) in [7, 11) is 0. The van der Waals surface area contributed by atoms with Gasteiger partial charge in [-0.3, -0.25) is 4.57 Å². The highest BCUT2D eigenvalue weighted by molar-refractivity contribution is 6.32. The molecule has 1 aromatic heterocycles. The van der Waals surface area contributed by atoms with Gasteiger partial charge in [0, 0.05) is 6.20 Å². The van der Waals surface area contributed by atoms with Gasteiger partial charge in [-0.1, -0.05) is 11.6 Å². The van der Waals surface area contributed by atoms with Crippen molar-refractivity contribution < 1.29 is 35.1 Å². The fourth-order valence-corrected chi connectivity index (χ4v) is 2.23. The average Bonchev–Trinajstić information content (AvgIpc) is 2.79. The van der Waals surface area contributed by atoms with E-state index in [1.807, 2.05) is 0 Å². The van der Waals surface area contributed by atoms with Crippen molar-refractivity contribution >= 4 is 11.6 Å². The van der Waals surface area contributed by atoms with Gasteiger partial charge in [0.1, 0.15) is 23.0 Å². The molecule has 0 atom stereocenters. The summed E-state index contributed by atoms with van der Waals surface area (Å²) in [6, 6.07) is 0.510. The molecular formula is C13H7ClF8N2. The number of aromatic nitrogens is 2. The van der Waals surface area contributed by atoms with Crippen LogP contribution in [0.3, 0.4) is 0 Å². The van der Waals surface area contributed by atoms with Gasteiger partial charge in [0.15, 0.2) is 0 Å². The van der Waals surface area contributed by atoms with E-state index in [1.54, 1.807) is 0 Å². The topological polar surface area (TPSA) is 17.8 Å². The second kappa shape index (κ2) is 5.91. The van der Waals surface area contributed by atoms with Crippen LogP contribution in [0.4, 0.5) is 35.1 Å². The summed E-state index contributed by atoms with van der Waals surface area (Å²) in [5.74, 6) is -6.43. The van der Waals surface area contributed by atoms with E-state index in [4.69, 9.17) is 11.6 Å². The highest BCUT2D eigenvalue weighted by Crippen LogP contribution is 2.37. The Hall–Kier alpha value is -1.84. The van der Waals surface area contributed by atoms with E-state index in [0.29, 0.717) is 16.8 Å². The Morgan fingerprint density at radius 3 is 2.17 bits per heavy atom. The van der Waals surface area contributed by atoms with E-state index in [-0.39, 0.29) is 11.9 Å². The molecule has 132 valence electrons. The van der Waals surface area contributed by atoms with Gasteiger partial charge in [0.25, 0.3) is 0 Å². The Morgan fingerprint density at radius 2 is 1.71 bits per heavy atom. The SMILES string of the molecule is Cc1nc(C(F)(F)C(F)F)cn1-c1c(F)cc(C(F)(F)F)cc1Cl. The van der Waals surface area contributed by atoms with Crippen molar-refractivity contribution in [3.63, 3.8) is 0 Å². The summed E-state index contributed by atoms with van der Waals surface area (Å²) >= 11 is 5.61. The zero-order valence-electron chi connectivity index (χ0n) is 11.6. The first kappa shape index (κ1) is 18.5. The first-order valence-electron chi connectivity index (χ1n) is 6.14. The molecule has 0 N–H and O–H groups in total. The minimum atomic E-state index is -4.87. The van der Waals surface area contributed by atoms with Crippen LogP contribution >= 0.6 is 11.6 Å². The monoisotopic (exact) mass is 378 g/mol. The number of benzene rings is 1. The molecule has 11 heteroatoms. The summed E-state index contributed by atoms with van der Waals surface area (Å²) in [6.45, 7) is 1.08. The Morgan fingerprint density at radius 1 is 1.12 bits per heavy atom. The maximum atomic E-state index is 14.0.